The van der Waals surface area contributed by atoms with Gasteiger partial charge in [0.1, 0.15) is 5.82 Å². The number of para-hydroxylation sites is 1. The molecule has 0 saturated carbocycles. The lowest BCUT2D eigenvalue weighted by Crippen LogP contribution is -2.25. The number of hydrogen-bond donors (Lipinski definition) is 1. The lowest BCUT2D eigenvalue weighted by Gasteiger charge is -2.20. The number of H-pyrrole nitrogens is 1. The summed E-state index contributed by atoms with van der Waals surface area (Å²) < 4.78 is 5.35. The molecule has 1 aromatic carbocycles. The number of fused-ring (bicyclic) bond motifs is 1. The minimum absolute atomic E-state index is 0.0817. The van der Waals surface area contributed by atoms with Crippen LogP contribution in [-0.2, 0) is 6.54 Å². The molecule has 0 fully saturated rings. The van der Waals surface area contributed by atoms with Crippen molar-refractivity contribution in [3.8, 4) is 0 Å². The van der Waals surface area contributed by atoms with E-state index in [9.17, 15) is 4.79 Å². The maximum absolute atomic E-state index is 12.1. The highest BCUT2D eigenvalue weighted by atomic mass is 16.5. The van der Waals surface area contributed by atoms with E-state index >= 15 is 0 Å². The molecule has 7 heteroatoms. The van der Waals surface area contributed by atoms with Crippen LogP contribution in [-0.4, -0.2) is 32.1 Å². The third-order valence-electron chi connectivity index (χ3n) is 4.05. The fourth-order valence-corrected chi connectivity index (χ4v) is 2.42. The molecule has 1 atom stereocenters. The highest BCUT2D eigenvalue weighted by Gasteiger charge is 2.20. The zero-order valence-electron chi connectivity index (χ0n) is 14.3. The lowest BCUT2D eigenvalue weighted by molar-refractivity contribution is 0.198. The van der Waals surface area contributed by atoms with Crippen LogP contribution in [0.5, 0.6) is 0 Å². The topological polar surface area (TPSA) is 87.9 Å². The van der Waals surface area contributed by atoms with Crippen LogP contribution < -0.4 is 5.56 Å². The summed E-state index contributed by atoms with van der Waals surface area (Å²) in [6.45, 7) is 6.50. The number of nitrogens with one attached hydrogen (secondary N) is 1. The van der Waals surface area contributed by atoms with Gasteiger partial charge in [0.2, 0.25) is 5.89 Å². The standard InChI is InChI=1S/C17H21N5O2/c1-10(2)15-20-17(24-21-15)11(3)22(4)9-14-18-13-8-6-5-7-12(13)16(23)19-14/h5-8,10-11H,9H2,1-4H3,(H,18,19,23). The van der Waals surface area contributed by atoms with Gasteiger partial charge in [0.25, 0.3) is 5.56 Å². The molecule has 0 bridgehead atoms. The van der Waals surface area contributed by atoms with Gasteiger partial charge in [-0.25, -0.2) is 4.98 Å². The van der Waals surface area contributed by atoms with E-state index in [1.807, 2.05) is 50.9 Å². The molecule has 0 radical (unpaired) electrons. The highest BCUT2D eigenvalue weighted by molar-refractivity contribution is 5.77. The molecule has 24 heavy (non-hydrogen) atoms. The Morgan fingerprint density at radius 3 is 2.67 bits per heavy atom. The second kappa shape index (κ2) is 6.52. The first kappa shape index (κ1) is 16.3. The van der Waals surface area contributed by atoms with E-state index in [1.54, 1.807) is 6.07 Å². The summed E-state index contributed by atoms with van der Waals surface area (Å²) in [5.74, 6) is 2.09. The first-order valence-electron chi connectivity index (χ1n) is 7.97. The Hall–Kier alpha value is -2.54. The number of rotatable bonds is 5. The monoisotopic (exact) mass is 327 g/mol. The molecule has 3 aromatic rings. The van der Waals surface area contributed by atoms with Gasteiger partial charge in [-0.1, -0.05) is 31.1 Å². The number of aromatic nitrogens is 4. The van der Waals surface area contributed by atoms with Crippen LogP contribution in [0, 0.1) is 0 Å². The van der Waals surface area contributed by atoms with Gasteiger partial charge in [-0.05, 0) is 26.1 Å². The predicted molar refractivity (Wildman–Crippen MR) is 90.6 cm³/mol. The molecule has 0 spiro atoms. The largest absolute Gasteiger partial charge is 0.338 e. The van der Waals surface area contributed by atoms with Crippen molar-refractivity contribution in [3.63, 3.8) is 0 Å². The molecule has 126 valence electrons. The number of hydrogen-bond acceptors (Lipinski definition) is 6. The van der Waals surface area contributed by atoms with E-state index in [0.29, 0.717) is 35.0 Å². The first-order chi connectivity index (χ1) is 11.5. The van der Waals surface area contributed by atoms with E-state index in [0.717, 1.165) is 0 Å². The van der Waals surface area contributed by atoms with Crippen molar-refractivity contribution in [1.82, 2.24) is 25.0 Å². The molecule has 1 N–H and O–H groups in total. The minimum atomic E-state index is -0.128. The van der Waals surface area contributed by atoms with Crippen molar-refractivity contribution < 1.29 is 4.52 Å². The maximum atomic E-state index is 12.1. The van der Waals surface area contributed by atoms with Crippen LogP contribution in [0.15, 0.2) is 33.6 Å². The molecule has 2 heterocycles. The van der Waals surface area contributed by atoms with Gasteiger partial charge in [-0.15, -0.1) is 0 Å². The Kier molecular flexibility index (Phi) is 4.44. The maximum Gasteiger partial charge on any atom is 0.258 e. The minimum Gasteiger partial charge on any atom is -0.338 e. The highest BCUT2D eigenvalue weighted by Crippen LogP contribution is 2.20. The van der Waals surface area contributed by atoms with Crippen molar-refractivity contribution in [3.05, 3.63) is 52.2 Å². The molecule has 0 saturated heterocycles. The average Bonchev–Trinajstić information content (AvgIpc) is 3.04. The Morgan fingerprint density at radius 1 is 1.21 bits per heavy atom. The SMILES string of the molecule is CC(C)c1noc(C(C)N(C)Cc2nc3ccccc3c(=O)[nH]2)n1. The summed E-state index contributed by atoms with van der Waals surface area (Å²) in [5.41, 5.74) is 0.564. The molecule has 3 rings (SSSR count). The third kappa shape index (κ3) is 3.21. The van der Waals surface area contributed by atoms with Gasteiger partial charge in [0.15, 0.2) is 5.82 Å². The van der Waals surface area contributed by atoms with Gasteiger partial charge in [-0.2, -0.15) is 4.98 Å². The van der Waals surface area contributed by atoms with Gasteiger partial charge in [0.05, 0.1) is 23.5 Å². The lowest BCUT2D eigenvalue weighted by atomic mass is 10.2. The summed E-state index contributed by atoms with van der Waals surface area (Å²) in [6, 6.07) is 7.22. The second-order valence-electron chi connectivity index (χ2n) is 6.27. The molecular formula is C17H21N5O2. The summed E-state index contributed by atoms with van der Waals surface area (Å²) >= 11 is 0. The van der Waals surface area contributed by atoms with E-state index < -0.39 is 0 Å². The average molecular weight is 327 g/mol. The van der Waals surface area contributed by atoms with Crippen LogP contribution in [0.25, 0.3) is 10.9 Å². The third-order valence-corrected chi connectivity index (χ3v) is 4.05. The van der Waals surface area contributed by atoms with E-state index in [1.165, 1.54) is 0 Å². The molecule has 1 unspecified atom stereocenters. The van der Waals surface area contributed by atoms with Gasteiger partial charge in [-0.3, -0.25) is 9.69 Å². The zero-order valence-corrected chi connectivity index (χ0v) is 14.3. The number of nitrogens with zero attached hydrogens (tertiary/aromatic N) is 4. The van der Waals surface area contributed by atoms with Crippen LogP contribution >= 0.6 is 0 Å². The van der Waals surface area contributed by atoms with Crippen molar-refractivity contribution in [2.45, 2.75) is 39.3 Å². The molecule has 0 aliphatic carbocycles. The fourth-order valence-electron chi connectivity index (χ4n) is 2.42. The van der Waals surface area contributed by atoms with Crippen molar-refractivity contribution in [1.29, 1.82) is 0 Å². The van der Waals surface area contributed by atoms with Gasteiger partial charge in [0, 0.05) is 5.92 Å². The normalized spacial score (nSPS) is 13.1. The second-order valence-corrected chi connectivity index (χ2v) is 6.27. The summed E-state index contributed by atoms with van der Waals surface area (Å²) in [5, 5.41) is 4.59. The Labute approximate surface area is 139 Å². The van der Waals surface area contributed by atoms with Gasteiger partial charge >= 0.3 is 0 Å². The van der Waals surface area contributed by atoms with E-state index in [4.69, 9.17) is 4.52 Å². The van der Waals surface area contributed by atoms with Crippen LogP contribution in [0.3, 0.4) is 0 Å². The number of benzene rings is 1. The molecular weight excluding hydrogens is 306 g/mol. The Bertz CT molecular complexity index is 899. The fraction of sp³-hybridized carbons (Fsp3) is 0.412. The van der Waals surface area contributed by atoms with Crippen molar-refractivity contribution >= 4 is 10.9 Å². The summed E-state index contributed by atoms with van der Waals surface area (Å²) in [4.78, 5) is 25.9. The molecule has 0 aliphatic heterocycles. The number of aromatic amines is 1. The van der Waals surface area contributed by atoms with Crippen LogP contribution in [0.4, 0.5) is 0 Å². The Balaban J connectivity index is 1.80. The molecule has 2 aromatic heterocycles. The molecule has 0 amide bonds. The predicted octanol–water partition coefficient (Wildman–Crippen LogP) is 2.62. The van der Waals surface area contributed by atoms with Crippen LogP contribution in [0.2, 0.25) is 0 Å². The quantitative estimate of drug-likeness (QED) is 0.775. The summed E-state index contributed by atoms with van der Waals surface area (Å²) in [7, 11) is 1.93. The van der Waals surface area contributed by atoms with Crippen molar-refractivity contribution in [2.75, 3.05) is 7.05 Å². The smallest absolute Gasteiger partial charge is 0.258 e. The summed E-state index contributed by atoms with van der Waals surface area (Å²) in [6.07, 6.45) is 0. The zero-order chi connectivity index (χ0) is 17.3. The molecule has 0 aliphatic rings. The van der Waals surface area contributed by atoms with Crippen LogP contribution in [0.1, 0.15) is 50.3 Å². The van der Waals surface area contributed by atoms with E-state index in [2.05, 4.69) is 20.1 Å². The van der Waals surface area contributed by atoms with Gasteiger partial charge < -0.3 is 9.51 Å². The van der Waals surface area contributed by atoms with Crippen molar-refractivity contribution in [2.24, 2.45) is 0 Å². The first-order valence-corrected chi connectivity index (χ1v) is 7.97. The Morgan fingerprint density at radius 2 is 1.96 bits per heavy atom. The molecule has 7 nitrogen and oxygen atoms in total. The van der Waals surface area contributed by atoms with E-state index in [-0.39, 0.29) is 17.5 Å².